The molecule has 1 aliphatic carbocycles. The number of benzene rings is 7. The van der Waals surface area contributed by atoms with E-state index in [1.807, 2.05) is 65.6 Å². The number of furan rings is 1. The van der Waals surface area contributed by atoms with Crippen molar-refractivity contribution in [3.63, 3.8) is 0 Å². The number of thioether (sulfide) groups is 1. The normalized spacial score (nSPS) is 16.0. The Morgan fingerprint density at radius 3 is 1.98 bits per heavy atom. The highest BCUT2D eigenvalue weighted by Gasteiger charge is 2.39. The van der Waals surface area contributed by atoms with Crippen LogP contribution < -0.4 is 0 Å². The zero-order valence-corrected chi connectivity index (χ0v) is 32.1. The third-order valence-electron chi connectivity index (χ3n) is 11.3. The summed E-state index contributed by atoms with van der Waals surface area (Å²) in [6.07, 6.45) is 6.74. The van der Waals surface area contributed by atoms with Gasteiger partial charge in [-0.2, -0.15) is 0 Å². The van der Waals surface area contributed by atoms with Gasteiger partial charge in [-0.15, -0.1) is 23.1 Å². The van der Waals surface area contributed by atoms with Gasteiger partial charge in [0.05, 0.1) is 0 Å². The van der Waals surface area contributed by atoms with Gasteiger partial charge in [0.1, 0.15) is 11.2 Å². The number of hydrogen-bond acceptors (Lipinski definition) is 6. The van der Waals surface area contributed by atoms with E-state index in [9.17, 15) is 0 Å². The van der Waals surface area contributed by atoms with Crippen molar-refractivity contribution in [1.82, 2.24) is 15.0 Å². The Kier molecular flexibility index (Phi) is 7.43. The zero-order valence-electron chi connectivity index (χ0n) is 30.5. The number of allylic oxidation sites excluding steroid dienone is 3. The summed E-state index contributed by atoms with van der Waals surface area (Å²) in [5.41, 5.74) is 11.0. The minimum atomic E-state index is 0.103. The second-order valence-corrected chi connectivity index (χ2v) is 16.8. The van der Waals surface area contributed by atoms with Crippen molar-refractivity contribution in [3.05, 3.63) is 187 Å². The van der Waals surface area contributed by atoms with E-state index < -0.39 is 0 Å². The van der Waals surface area contributed by atoms with Crippen LogP contribution >= 0.6 is 23.1 Å². The molecule has 3 aromatic heterocycles. The Morgan fingerprint density at radius 1 is 0.509 bits per heavy atom. The number of fused-ring (bicyclic) bond motifs is 9. The predicted octanol–water partition coefficient (Wildman–Crippen LogP) is 14.0. The lowest BCUT2D eigenvalue weighted by atomic mass is 9.86. The molecule has 0 fully saturated rings. The molecule has 2 atom stereocenters. The van der Waals surface area contributed by atoms with Gasteiger partial charge in [0, 0.05) is 74.8 Å². The fourth-order valence-electron chi connectivity index (χ4n) is 8.66. The third kappa shape index (κ3) is 5.25. The average Bonchev–Trinajstić information content (AvgIpc) is 3.98. The molecule has 2 unspecified atom stereocenters. The molecule has 0 spiro atoms. The lowest BCUT2D eigenvalue weighted by Gasteiger charge is -2.22. The van der Waals surface area contributed by atoms with E-state index >= 15 is 0 Å². The van der Waals surface area contributed by atoms with Crippen LogP contribution in [0, 0.1) is 0 Å². The number of para-hydroxylation sites is 2. The van der Waals surface area contributed by atoms with Crippen LogP contribution in [0.3, 0.4) is 0 Å². The van der Waals surface area contributed by atoms with Crippen LogP contribution in [-0.2, 0) is 0 Å². The van der Waals surface area contributed by atoms with E-state index in [1.165, 1.54) is 41.8 Å². The number of thiophene rings is 1. The highest BCUT2D eigenvalue weighted by Crippen LogP contribution is 2.56. The van der Waals surface area contributed by atoms with Crippen molar-refractivity contribution in [2.75, 3.05) is 0 Å². The second-order valence-electron chi connectivity index (χ2n) is 14.6. The summed E-state index contributed by atoms with van der Waals surface area (Å²) >= 11 is 3.81. The molecule has 12 rings (SSSR count). The molecule has 0 saturated heterocycles. The van der Waals surface area contributed by atoms with Gasteiger partial charge in [0.2, 0.25) is 0 Å². The molecular weight excluding hydrogens is 735 g/mol. The predicted molar refractivity (Wildman–Crippen MR) is 238 cm³/mol. The minimum Gasteiger partial charge on any atom is -0.455 e. The Labute approximate surface area is 336 Å². The van der Waals surface area contributed by atoms with Crippen LogP contribution in [0.15, 0.2) is 185 Å². The summed E-state index contributed by atoms with van der Waals surface area (Å²) < 4.78 is 9.18. The maximum atomic E-state index is 6.60. The van der Waals surface area contributed by atoms with E-state index in [4.69, 9.17) is 19.4 Å². The SMILES string of the molecule is C1=CC2c3cccc(-c4cc(-c5cccc6c5oc5ccccc56)cc5c4sc4ccccc45)c3SC2C(c2nc(-c3ccccc3)nc(-c3ccccc3)n2)=C1. The van der Waals surface area contributed by atoms with Gasteiger partial charge in [0.15, 0.2) is 17.5 Å². The molecule has 0 saturated carbocycles. The first-order valence-electron chi connectivity index (χ1n) is 19.2. The molecule has 2 aliphatic rings. The quantitative estimate of drug-likeness (QED) is 0.175. The van der Waals surface area contributed by atoms with Gasteiger partial charge in [-0.1, -0.05) is 152 Å². The van der Waals surface area contributed by atoms with Gasteiger partial charge in [-0.25, -0.2) is 15.0 Å². The van der Waals surface area contributed by atoms with Crippen molar-refractivity contribution in [2.24, 2.45) is 0 Å². The fraction of sp³-hybridized carbons (Fsp3) is 0.0392. The van der Waals surface area contributed by atoms with Crippen LogP contribution in [0.1, 0.15) is 17.3 Å². The molecule has 0 radical (unpaired) electrons. The maximum absolute atomic E-state index is 6.60. The molecule has 0 amide bonds. The van der Waals surface area contributed by atoms with E-state index in [-0.39, 0.29) is 11.2 Å². The third-order valence-corrected chi connectivity index (χ3v) is 14.0. The molecule has 6 heteroatoms. The van der Waals surface area contributed by atoms with Crippen molar-refractivity contribution in [3.8, 4) is 45.0 Å². The standard InChI is InChI=1S/C51H31N3OS2/c1-3-14-30(15-4-1)49-52-50(31-16-5-2-6-17-31)54-51(53-49)40-25-13-23-38-37-22-12-24-39(46(37)57-47(38)40)42-29-32(28-41-35-19-8-10-27-44(35)56-48(41)42)33-20-11-21-36-34-18-7-9-26-43(34)55-45(33)36/h1-29,38,47H. The first kappa shape index (κ1) is 32.6. The van der Waals surface area contributed by atoms with E-state index in [0.29, 0.717) is 11.6 Å². The average molecular weight is 766 g/mol. The first-order valence-corrected chi connectivity index (χ1v) is 20.9. The van der Waals surface area contributed by atoms with Crippen LogP contribution in [0.25, 0.3) is 92.7 Å². The van der Waals surface area contributed by atoms with E-state index in [2.05, 4.69) is 133 Å². The molecule has 1 aliphatic heterocycles. The van der Waals surface area contributed by atoms with Crippen molar-refractivity contribution < 1.29 is 4.42 Å². The van der Waals surface area contributed by atoms with Crippen LogP contribution in [0.5, 0.6) is 0 Å². The molecule has 57 heavy (non-hydrogen) atoms. The largest absolute Gasteiger partial charge is 0.455 e. The summed E-state index contributed by atoms with van der Waals surface area (Å²) in [6.45, 7) is 0. The smallest absolute Gasteiger partial charge is 0.164 e. The van der Waals surface area contributed by atoms with Gasteiger partial charge < -0.3 is 4.42 Å². The highest BCUT2D eigenvalue weighted by molar-refractivity contribution is 8.01. The van der Waals surface area contributed by atoms with Gasteiger partial charge >= 0.3 is 0 Å². The highest BCUT2D eigenvalue weighted by atomic mass is 32.2. The zero-order chi connectivity index (χ0) is 37.5. The number of hydrogen-bond donors (Lipinski definition) is 0. The van der Waals surface area contributed by atoms with E-state index in [1.54, 1.807) is 0 Å². The topological polar surface area (TPSA) is 51.8 Å². The summed E-state index contributed by atoms with van der Waals surface area (Å²) in [6, 6.07) is 55.7. The number of aromatic nitrogens is 3. The second kappa shape index (κ2) is 13.0. The summed E-state index contributed by atoms with van der Waals surface area (Å²) in [5.74, 6) is 2.25. The van der Waals surface area contributed by atoms with Crippen LogP contribution in [-0.4, -0.2) is 20.2 Å². The number of nitrogens with zero attached hydrogens (tertiary/aromatic N) is 3. The van der Waals surface area contributed by atoms with Crippen LogP contribution in [0.4, 0.5) is 0 Å². The van der Waals surface area contributed by atoms with Crippen molar-refractivity contribution in [2.45, 2.75) is 16.1 Å². The summed E-state index contributed by atoms with van der Waals surface area (Å²) in [4.78, 5) is 16.6. The fourth-order valence-corrected chi connectivity index (χ4v) is 11.5. The molecule has 0 N–H and O–H groups in total. The molecular formula is C51H31N3OS2. The minimum absolute atomic E-state index is 0.103. The van der Waals surface area contributed by atoms with Crippen molar-refractivity contribution >= 4 is 70.8 Å². The molecule has 4 heterocycles. The Balaban J connectivity index is 1.02. The van der Waals surface area contributed by atoms with Crippen molar-refractivity contribution in [1.29, 1.82) is 0 Å². The molecule has 0 bridgehead atoms. The lowest BCUT2D eigenvalue weighted by molar-refractivity contribution is 0.670. The van der Waals surface area contributed by atoms with Gasteiger partial charge in [-0.05, 0) is 41.0 Å². The summed E-state index contributed by atoms with van der Waals surface area (Å²) in [7, 11) is 0. The monoisotopic (exact) mass is 765 g/mol. The molecule has 4 nitrogen and oxygen atoms in total. The Bertz CT molecular complexity index is 3230. The van der Waals surface area contributed by atoms with E-state index in [0.717, 1.165) is 55.6 Å². The molecule has 7 aromatic carbocycles. The number of rotatable bonds is 5. The van der Waals surface area contributed by atoms with Gasteiger partial charge in [-0.3, -0.25) is 0 Å². The van der Waals surface area contributed by atoms with Crippen LogP contribution in [0.2, 0.25) is 0 Å². The first-order chi connectivity index (χ1) is 28.2. The molecule has 10 aromatic rings. The van der Waals surface area contributed by atoms with Gasteiger partial charge in [0.25, 0.3) is 0 Å². The lowest BCUT2D eigenvalue weighted by Crippen LogP contribution is -2.16. The Morgan fingerprint density at radius 2 is 1.18 bits per heavy atom. The molecule has 268 valence electrons. The summed E-state index contributed by atoms with van der Waals surface area (Å²) in [5, 5.41) is 4.92. The Hall–Kier alpha value is -6.60. The maximum Gasteiger partial charge on any atom is 0.164 e.